The van der Waals surface area contributed by atoms with Crippen LogP contribution in [0.1, 0.15) is 27.7 Å². The molecule has 3 nitrogen and oxygen atoms in total. The number of alkyl halides is 3. The first kappa shape index (κ1) is 14.2. The molecule has 0 aromatic rings. The zero-order valence-electron chi connectivity index (χ0n) is 9.33. The van der Waals surface area contributed by atoms with Crippen LogP contribution in [0.15, 0.2) is 0 Å². The number of rotatable bonds is 3. The smallest absolute Gasteiger partial charge is 0.346 e. The zero-order valence-corrected chi connectivity index (χ0v) is 9.33. The Kier molecular flexibility index (Phi) is 3.79. The van der Waals surface area contributed by atoms with Crippen LogP contribution in [-0.4, -0.2) is 24.2 Å². The SMILES string of the molecule is CC(C)(N)C(C)(C)C(=O)NCC(F)(F)F. The van der Waals surface area contributed by atoms with Crippen molar-refractivity contribution in [3.63, 3.8) is 0 Å². The van der Waals surface area contributed by atoms with Crippen molar-refractivity contribution in [2.45, 2.75) is 39.4 Å². The van der Waals surface area contributed by atoms with Gasteiger partial charge in [-0.1, -0.05) is 0 Å². The lowest BCUT2D eigenvalue weighted by Gasteiger charge is -2.36. The highest BCUT2D eigenvalue weighted by atomic mass is 19.4. The number of nitrogens with two attached hydrogens (primary N) is 1. The average Bonchev–Trinajstić information content (AvgIpc) is 1.96. The first-order chi connectivity index (χ1) is 6.38. The van der Waals surface area contributed by atoms with Crippen molar-refractivity contribution in [1.82, 2.24) is 5.32 Å². The van der Waals surface area contributed by atoms with Gasteiger partial charge in [-0.05, 0) is 27.7 Å². The highest BCUT2D eigenvalue weighted by Gasteiger charge is 2.41. The lowest BCUT2D eigenvalue weighted by atomic mass is 9.74. The molecule has 0 bridgehead atoms. The van der Waals surface area contributed by atoms with E-state index in [4.69, 9.17) is 5.73 Å². The summed E-state index contributed by atoms with van der Waals surface area (Å²) < 4.78 is 35.6. The van der Waals surface area contributed by atoms with E-state index in [9.17, 15) is 18.0 Å². The van der Waals surface area contributed by atoms with E-state index in [1.807, 2.05) is 5.32 Å². The number of halogens is 3. The van der Waals surface area contributed by atoms with Crippen LogP contribution < -0.4 is 11.1 Å². The molecule has 0 saturated carbocycles. The van der Waals surface area contributed by atoms with E-state index in [2.05, 4.69) is 0 Å². The van der Waals surface area contributed by atoms with Crippen LogP contribution in [0.3, 0.4) is 0 Å². The molecule has 0 fully saturated rings. The highest BCUT2D eigenvalue weighted by molar-refractivity contribution is 5.83. The minimum Gasteiger partial charge on any atom is -0.346 e. The Balaban J connectivity index is 4.47. The summed E-state index contributed by atoms with van der Waals surface area (Å²) in [4.78, 5) is 11.5. The van der Waals surface area contributed by atoms with Gasteiger partial charge < -0.3 is 11.1 Å². The molecule has 0 aromatic heterocycles. The Bertz CT molecular complexity index is 241. The van der Waals surface area contributed by atoms with Gasteiger partial charge in [-0.15, -0.1) is 0 Å². The Hall–Kier alpha value is -0.780. The second-order valence-electron chi connectivity index (χ2n) is 4.64. The molecule has 0 aliphatic heterocycles. The van der Waals surface area contributed by atoms with E-state index in [0.29, 0.717) is 0 Å². The van der Waals surface area contributed by atoms with E-state index in [1.165, 1.54) is 13.8 Å². The Labute approximate surface area is 87.2 Å². The van der Waals surface area contributed by atoms with Crippen molar-refractivity contribution in [3.05, 3.63) is 0 Å². The molecule has 0 unspecified atom stereocenters. The summed E-state index contributed by atoms with van der Waals surface area (Å²) in [6, 6.07) is 0. The minimum atomic E-state index is -4.40. The fourth-order valence-corrected chi connectivity index (χ4v) is 0.694. The minimum absolute atomic E-state index is 0.702. The molecule has 0 rings (SSSR count). The van der Waals surface area contributed by atoms with Crippen molar-refractivity contribution in [2.75, 3.05) is 6.54 Å². The maximum absolute atomic E-state index is 11.9. The second kappa shape index (κ2) is 4.00. The molecule has 6 heteroatoms. The Morgan fingerprint density at radius 1 is 1.20 bits per heavy atom. The molecule has 0 aliphatic rings. The summed E-state index contributed by atoms with van der Waals surface area (Å²) in [5.41, 5.74) is 3.77. The third-order valence-electron chi connectivity index (χ3n) is 2.63. The lowest BCUT2D eigenvalue weighted by molar-refractivity contribution is -0.145. The molecule has 15 heavy (non-hydrogen) atoms. The average molecular weight is 226 g/mol. The summed E-state index contributed by atoms with van der Waals surface area (Å²) in [6.07, 6.45) is -4.40. The predicted molar refractivity (Wildman–Crippen MR) is 51.1 cm³/mol. The van der Waals surface area contributed by atoms with Gasteiger partial charge in [0.1, 0.15) is 6.54 Å². The van der Waals surface area contributed by atoms with Gasteiger partial charge in [-0.2, -0.15) is 13.2 Å². The first-order valence-corrected chi connectivity index (χ1v) is 4.52. The maximum Gasteiger partial charge on any atom is 0.405 e. The summed E-state index contributed by atoms with van der Waals surface area (Å²) in [5.74, 6) is -0.702. The van der Waals surface area contributed by atoms with Gasteiger partial charge in [0.2, 0.25) is 5.91 Å². The van der Waals surface area contributed by atoms with Crippen molar-refractivity contribution >= 4 is 5.91 Å². The third-order valence-corrected chi connectivity index (χ3v) is 2.63. The maximum atomic E-state index is 11.9. The molecule has 0 atom stereocenters. The third kappa shape index (κ3) is 4.07. The van der Waals surface area contributed by atoms with E-state index in [0.717, 1.165) is 0 Å². The monoisotopic (exact) mass is 226 g/mol. The van der Waals surface area contributed by atoms with Gasteiger partial charge >= 0.3 is 6.18 Å². The van der Waals surface area contributed by atoms with E-state index >= 15 is 0 Å². The van der Waals surface area contributed by atoms with E-state index in [-0.39, 0.29) is 0 Å². The number of nitrogens with one attached hydrogen (secondary N) is 1. The molecule has 0 spiro atoms. The molecular formula is C9H17F3N2O. The molecule has 0 aromatic carbocycles. The first-order valence-electron chi connectivity index (χ1n) is 4.52. The number of carbonyl (C=O) groups is 1. The van der Waals surface area contributed by atoms with Crippen LogP contribution in [0.5, 0.6) is 0 Å². The van der Waals surface area contributed by atoms with Crippen molar-refractivity contribution < 1.29 is 18.0 Å². The summed E-state index contributed by atoms with van der Waals surface area (Å²) in [5, 5.41) is 1.83. The van der Waals surface area contributed by atoms with E-state index in [1.54, 1.807) is 13.8 Å². The van der Waals surface area contributed by atoms with Gasteiger partial charge in [0.25, 0.3) is 0 Å². The summed E-state index contributed by atoms with van der Waals surface area (Å²) in [6.45, 7) is 4.89. The van der Waals surface area contributed by atoms with Gasteiger partial charge in [0.15, 0.2) is 0 Å². The number of amides is 1. The number of hydrogen-bond donors (Lipinski definition) is 2. The summed E-state index contributed by atoms with van der Waals surface area (Å²) >= 11 is 0. The molecule has 0 radical (unpaired) electrons. The molecule has 0 saturated heterocycles. The largest absolute Gasteiger partial charge is 0.405 e. The molecule has 0 heterocycles. The second-order valence-corrected chi connectivity index (χ2v) is 4.64. The lowest BCUT2D eigenvalue weighted by Crippen LogP contribution is -2.56. The predicted octanol–water partition coefficient (Wildman–Crippen LogP) is 1.43. The molecule has 1 amide bonds. The number of carbonyl (C=O) groups excluding carboxylic acids is 1. The Morgan fingerprint density at radius 2 is 1.60 bits per heavy atom. The standard InChI is InChI=1S/C9H17F3N2O/c1-7(2,8(3,4)13)6(15)14-5-9(10,11)12/h5,13H2,1-4H3,(H,14,15). The van der Waals surface area contributed by atoms with Crippen LogP contribution in [-0.2, 0) is 4.79 Å². The fraction of sp³-hybridized carbons (Fsp3) is 0.889. The van der Waals surface area contributed by atoms with Crippen LogP contribution >= 0.6 is 0 Å². The molecule has 0 aliphatic carbocycles. The normalized spacial score (nSPS) is 13.9. The molecule has 3 N–H and O–H groups in total. The van der Waals surface area contributed by atoms with Gasteiger partial charge in [0, 0.05) is 5.54 Å². The van der Waals surface area contributed by atoms with Crippen LogP contribution in [0.4, 0.5) is 13.2 Å². The van der Waals surface area contributed by atoms with Crippen molar-refractivity contribution in [2.24, 2.45) is 11.1 Å². The van der Waals surface area contributed by atoms with Crippen molar-refractivity contribution in [3.8, 4) is 0 Å². The number of hydrogen-bond acceptors (Lipinski definition) is 2. The topological polar surface area (TPSA) is 55.1 Å². The summed E-state index contributed by atoms with van der Waals surface area (Å²) in [7, 11) is 0. The Morgan fingerprint density at radius 3 is 1.87 bits per heavy atom. The highest BCUT2D eigenvalue weighted by Crippen LogP contribution is 2.28. The zero-order chi connectivity index (χ0) is 12.5. The van der Waals surface area contributed by atoms with Gasteiger partial charge in [0.05, 0.1) is 5.41 Å². The van der Waals surface area contributed by atoms with Crippen LogP contribution in [0, 0.1) is 5.41 Å². The van der Waals surface area contributed by atoms with Gasteiger partial charge in [-0.3, -0.25) is 4.79 Å². The quantitative estimate of drug-likeness (QED) is 0.764. The van der Waals surface area contributed by atoms with Crippen molar-refractivity contribution in [1.29, 1.82) is 0 Å². The van der Waals surface area contributed by atoms with Crippen LogP contribution in [0.25, 0.3) is 0 Å². The van der Waals surface area contributed by atoms with E-state index < -0.39 is 29.6 Å². The fourth-order valence-electron chi connectivity index (χ4n) is 0.694. The molecule has 90 valence electrons. The molecular weight excluding hydrogens is 209 g/mol. The van der Waals surface area contributed by atoms with Gasteiger partial charge in [-0.25, -0.2) is 0 Å². The van der Waals surface area contributed by atoms with Crippen LogP contribution in [0.2, 0.25) is 0 Å².